The van der Waals surface area contributed by atoms with Gasteiger partial charge in [-0.1, -0.05) is 15.9 Å². The number of halogens is 1. The average Bonchev–Trinajstić information content (AvgIpc) is 2.99. The van der Waals surface area contributed by atoms with Crippen LogP contribution in [0, 0.1) is 0 Å². The summed E-state index contributed by atoms with van der Waals surface area (Å²) >= 11 is 3.43. The van der Waals surface area contributed by atoms with Gasteiger partial charge in [0.2, 0.25) is 0 Å². The van der Waals surface area contributed by atoms with E-state index in [2.05, 4.69) is 20.9 Å². The van der Waals surface area contributed by atoms with Crippen molar-refractivity contribution in [2.75, 3.05) is 19.5 Å². The SMILES string of the molecule is CS(=O)(=O)c1ccc(Oc2cc(Br)cc(O[C@H]3CCOC3)c2)cn1. The molecule has 0 spiro atoms. The molecule has 0 unspecified atom stereocenters. The molecule has 0 aliphatic carbocycles. The maximum Gasteiger partial charge on any atom is 0.192 e. The zero-order valence-electron chi connectivity index (χ0n) is 12.9. The van der Waals surface area contributed by atoms with Crippen LogP contribution in [0.3, 0.4) is 0 Å². The normalized spacial score (nSPS) is 17.7. The summed E-state index contributed by atoms with van der Waals surface area (Å²) in [4.78, 5) is 3.90. The third kappa shape index (κ3) is 4.46. The molecule has 2 heterocycles. The molecule has 0 N–H and O–H groups in total. The molecule has 1 fully saturated rings. The van der Waals surface area contributed by atoms with E-state index in [0.717, 1.165) is 17.1 Å². The molecule has 1 aromatic carbocycles. The Bertz CT molecular complexity index is 817. The first-order valence-electron chi connectivity index (χ1n) is 7.29. The second kappa shape index (κ2) is 7.08. The van der Waals surface area contributed by atoms with Crippen LogP contribution in [0.4, 0.5) is 0 Å². The molecule has 0 bridgehead atoms. The average molecular weight is 414 g/mol. The molecule has 0 saturated carbocycles. The quantitative estimate of drug-likeness (QED) is 0.748. The zero-order valence-corrected chi connectivity index (χ0v) is 15.3. The van der Waals surface area contributed by atoms with E-state index in [1.54, 1.807) is 18.2 Å². The highest BCUT2D eigenvalue weighted by Gasteiger charge is 2.18. The molecule has 1 aromatic heterocycles. The lowest BCUT2D eigenvalue weighted by Crippen LogP contribution is -2.15. The Morgan fingerprint density at radius 3 is 2.62 bits per heavy atom. The molecule has 2 aromatic rings. The Hall–Kier alpha value is -1.64. The zero-order chi connectivity index (χ0) is 17.2. The van der Waals surface area contributed by atoms with Crippen molar-refractivity contribution in [1.29, 1.82) is 0 Å². The summed E-state index contributed by atoms with van der Waals surface area (Å²) in [6.45, 7) is 1.29. The van der Waals surface area contributed by atoms with E-state index in [1.165, 1.54) is 12.3 Å². The Kier molecular flexibility index (Phi) is 5.07. The van der Waals surface area contributed by atoms with Gasteiger partial charge in [0, 0.05) is 23.2 Å². The van der Waals surface area contributed by atoms with E-state index in [1.807, 2.05) is 6.07 Å². The molecule has 8 heteroatoms. The van der Waals surface area contributed by atoms with Crippen molar-refractivity contribution >= 4 is 25.8 Å². The predicted molar refractivity (Wildman–Crippen MR) is 91.4 cm³/mol. The van der Waals surface area contributed by atoms with Gasteiger partial charge in [0.25, 0.3) is 0 Å². The molecule has 1 aliphatic heterocycles. The summed E-state index contributed by atoms with van der Waals surface area (Å²) in [5.74, 6) is 1.68. The Labute approximate surface area is 148 Å². The lowest BCUT2D eigenvalue weighted by Gasteiger charge is -2.14. The molecule has 1 atom stereocenters. The lowest BCUT2D eigenvalue weighted by atomic mass is 10.3. The lowest BCUT2D eigenvalue weighted by molar-refractivity contribution is 0.141. The highest BCUT2D eigenvalue weighted by atomic mass is 79.9. The molecule has 6 nitrogen and oxygen atoms in total. The van der Waals surface area contributed by atoms with Gasteiger partial charge in [-0.15, -0.1) is 0 Å². The van der Waals surface area contributed by atoms with E-state index in [4.69, 9.17) is 14.2 Å². The molecule has 3 rings (SSSR count). The van der Waals surface area contributed by atoms with Gasteiger partial charge in [0.05, 0.1) is 19.4 Å². The third-order valence-corrected chi connectivity index (χ3v) is 4.82. The smallest absolute Gasteiger partial charge is 0.192 e. The molecule has 1 aliphatic rings. The van der Waals surface area contributed by atoms with Crippen molar-refractivity contribution in [1.82, 2.24) is 4.98 Å². The molecular weight excluding hydrogens is 398 g/mol. The van der Waals surface area contributed by atoms with E-state index in [0.29, 0.717) is 30.5 Å². The first-order valence-corrected chi connectivity index (χ1v) is 9.97. The first-order chi connectivity index (χ1) is 11.4. The maximum absolute atomic E-state index is 11.4. The number of nitrogens with zero attached hydrogens (tertiary/aromatic N) is 1. The molecule has 0 radical (unpaired) electrons. The number of hydrogen-bond donors (Lipinski definition) is 0. The van der Waals surface area contributed by atoms with Crippen LogP contribution in [-0.4, -0.2) is 39.0 Å². The molecular formula is C16H16BrNO5S. The molecule has 0 amide bonds. The summed E-state index contributed by atoms with van der Waals surface area (Å²) < 4.78 is 40.6. The van der Waals surface area contributed by atoms with Crippen LogP contribution >= 0.6 is 15.9 Å². The molecule has 24 heavy (non-hydrogen) atoms. The van der Waals surface area contributed by atoms with Crippen LogP contribution in [0.15, 0.2) is 46.0 Å². The van der Waals surface area contributed by atoms with Crippen molar-refractivity contribution in [2.24, 2.45) is 0 Å². The number of aromatic nitrogens is 1. The van der Waals surface area contributed by atoms with Gasteiger partial charge in [-0.25, -0.2) is 13.4 Å². The topological polar surface area (TPSA) is 74.7 Å². The van der Waals surface area contributed by atoms with Crippen molar-refractivity contribution in [2.45, 2.75) is 17.6 Å². The summed E-state index contributed by atoms with van der Waals surface area (Å²) in [6, 6.07) is 8.40. The summed E-state index contributed by atoms with van der Waals surface area (Å²) in [5, 5.41) is 0.00866. The Morgan fingerprint density at radius 1 is 1.21 bits per heavy atom. The fraction of sp³-hybridized carbons (Fsp3) is 0.312. The largest absolute Gasteiger partial charge is 0.488 e. The Morgan fingerprint density at radius 2 is 2.00 bits per heavy atom. The molecule has 128 valence electrons. The number of rotatable bonds is 5. The van der Waals surface area contributed by atoms with Gasteiger partial charge in [-0.05, 0) is 24.3 Å². The van der Waals surface area contributed by atoms with E-state index < -0.39 is 9.84 Å². The standard InChI is InChI=1S/C16H16BrNO5S/c1-24(19,20)16-3-2-12(9-18-16)22-14-6-11(17)7-15(8-14)23-13-4-5-21-10-13/h2-3,6-9,13H,4-5,10H2,1H3/t13-/m0/s1. The van der Waals surface area contributed by atoms with Gasteiger partial charge in [-0.3, -0.25) is 0 Å². The number of hydrogen-bond acceptors (Lipinski definition) is 6. The predicted octanol–water partition coefficient (Wildman–Crippen LogP) is 3.21. The minimum absolute atomic E-state index is 0.00866. The second-order valence-electron chi connectivity index (χ2n) is 5.43. The maximum atomic E-state index is 11.4. The van der Waals surface area contributed by atoms with Crippen molar-refractivity contribution in [3.8, 4) is 17.2 Å². The Balaban J connectivity index is 1.75. The first kappa shape index (κ1) is 17.2. The summed E-state index contributed by atoms with van der Waals surface area (Å²) in [7, 11) is -3.33. The monoisotopic (exact) mass is 413 g/mol. The van der Waals surface area contributed by atoms with E-state index >= 15 is 0 Å². The number of sulfone groups is 1. The minimum atomic E-state index is -3.33. The van der Waals surface area contributed by atoms with Crippen LogP contribution in [0.25, 0.3) is 0 Å². The van der Waals surface area contributed by atoms with E-state index in [-0.39, 0.29) is 11.1 Å². The fourth-order valence-electron chi connectivity index (χ4n) is 2.24. The fourth-order valence-corrected chi connectivity index (χ4v) is 3.26. The van der Waals surface area contributed by atoms with Crippen molar-refractivity contribution in [3.05, 3.63) is 41.0 Å². The van der Waals surface area contributed by atoms with Crippen LogP contribution in [0.5, 0.6) is 17.2 Å². The number of pyridine rings is 1. The number of ether oxygens (including phenoxy) is 3. The summed E-state index contributed by atoms with van der Waals surface area (Å²) in [6.07, 6.45) is 3.39. The highest BCUT2D eigenvalue weighted by molar-refractivity contribution is 9.10. The van der Waals surface area contributed by atoms with Gasteiger partial charge >= 0.3 is 0 Å². The minimum Gasteiger partial charge on any atom is -0.488 e. The van der Waals surface area contributed by atoms with Crippen molar-refractivity contribution in [3.63, 3.8) is 0 Å². The van der Waals surface area contributed by atoms with Gasteiger partial charge in [0.15, 0.2) is 14.9 Å². The third-order valence-electron chi connectivity index (χ3n) is 3.36. The van der Waals surface area contributed by atoms with Crippen molar-refractivity contribution < 1.29 is 22.6 Å². The highest BCUT2D eigenvalue weighted by Crippen LogP contribution is 2.31. The van der Waals surface area contributed by atoms with Gasteiger partial charge in [0.1, 0.15) is 23.4 Å². The van der Waals surface area contributed by atoms with Gasteiger partial charge in [-0.2, -0.15) is 0 Å². The van der Waals surface area contributed by atoms with Crippen LogP contribution < -0.4 is 9.47 Å². The van der Waals surface area contributed by atoms with E-state index in [9.17, 15) is 8.42 Å². The van der Waals surface area contributed by atoms with Gasteiger partial charge < -0.3 is 14.2 Å². The van der Waals surface area contributed by atoms with Crippen LogP contribution in [-0.2, 0) is 14.6 Å². The second-order valence-corrected chi connectivity index (χ2v) is 8.31. The number of benzene rings is 1. The summed E-state index contributed by atoms with van der Waals surface area (Å²) in [5.41, 5.74) is 0. The van der Waals surface area contributed by atoms with Crippen LogP contribution in [0.2, 0.25) is 0 Å². The van der Waals surface area contributed by atoms with Crippen LogP contribution in [0.1, 0.15) is 6.42 Å². The molecule has 1 saturated heterocycles.